The molecule has 29 heavy (non-hydrogen) atoms. The van der Waals surface area contributed by atoms with Crippen LogP contribution in [0.2, 0.25) is 10.0 Å². The molecule has 0 aliphatic heterocycles. The van der Waals surface area contributed by atoms with Crippen LogP contribution in [0, 0.1) is 5.82 Å². The van der Waals surface area contributed by atoms with Crippen LogP contribution in [0.1, 0.15) is 21.6 Å². The third kappa shape index (κ3) is 3.59. The number of para-hydroxylation sites is 1. The third-order valence-corrected chi connectivity index (χ3v) is 5.25. The molecular weight excluding hydrogens is 414 g/mol. The highest BCUT2D eigenvalue weighted by Crippen LogP contribution is 2.30. The molecule has 4 aromatic rings. The Bertz CT molecular complexity index is 1200. The SMILES string of the molecule is COc1ccc(Cn2nc(C(=O)c3c(Cl)cccc3Cl)c3cccc(F)c32)cc1. The average molecular weight is 429 g/mol. The van der Waals surface area contributed by atoms with E-state index in [-0.39, 0.29) is 33.4 Å². The van der Waals surface area contributed by atoms with Gasteiger partial charge in [0.05, 0.1) is 29.3 Å². The fraction of sp³-hybridized carbons (Fsp3) is 0.0909. The maximum atomic E-state index is 14.7. The van der Waals surface area contributed by atoms with E-state index in [9.17, 15) is 9.18 Å². The van der Waals surface area contributed by atoms with Gasteiger partial charge in [0.2, 0.25) is 5.78 Å². The van der Waals surface area contributed by atoms with Gasteiger partial charge in [0.1, 0.15) is 22.8 Å². The minimum Gasteiger partial charge on any atom is -0.497 e. The molecule has 0 aliphatic carbocycles. The Hall–Kier alpha value is -2.89. The second-order valence-corrected chi connectivity index (χ2v) is 7.23. The van der Waals surface area contributed by atoms with Gasteiger partial charge >= 0.3 is 0 Å². The summed E-state index contributed by atoms with van der Waals surface area (Å²) in [6, 6.07) is 16.7. The number of carbonyl (C=O) groups excluding carboxylic acids is 1. The number of nitrogens with zero attached hydrogens (tertiary/aromatic N) is 2. The molecule has 1 aromatic heterocycles. The van der Waals surface area contributed by atoms with Gasteiger partial charge in [-0.05, 0) is 35.9 Å². The second-order valence-electron chi connectivity index (χ2n) is 6.42. The van der Waals surface area contributed by atoms with E-state index >= 15 is 0 Å². The Labute approximate surface area is 176 Å². The molecule has 146 valence electrons. The van der Waals surface area contributed by atoms with Gasteiger partial charge in [-0.25, -0.2) is 4.39 Å². The van der Waals surface area contributed by atoms with Crippen molar-refractivity contribution in [2.45, 2.75) is 6.54 Å². The zero-order valence-electron chi connectivity index (χ0n) is 15.3. The lowest BCUT2D eigenvalue weighted by Gasteiger charge is -2.06. The Kier molecular flexibility index (Phi) is 5.26. The van der Waals surface area contributed by atoms with E-state index in [1.165, 1.54) is 10.7 Å². The lowest BCUT2D eigenvalue weighted by molar-refractivity contribution is 0.103. The van der Waals surface area contributed by atoms with Crippen LogP contribution in [-0.2, 0) is 6.54 Å². The minimum absolute atomic E-state index is 0.100. The molecule has 0 radical (unpaired) electrons. The number of halogens is 3. The van der Waals surface area contributed by atoms with Crippen LogP contribution in [0.3, 0.4) is 0 Å². The maximum absolute atomic E-state index is 14.7. The maximum Gasteiger partial charge on any atom is 0.216 e. The van der Waals surface area contributed by atoms with Gasteiger partial charge in [-0.1, -0.05) is 53.5 Å². The summed E-state index contributed by atoms with van der Waals surface area (Å²) < 4.78 is 21.3. The number of benzene rings is 3. The van der Waals surface area contributed by atoms with Gasteiger partial charge < -0.3 is 4.74 Å². The van der Waals surface area contributed by atoms with E-state index < -0.39 is 11.6 Å². The van der Waals surface area contributed by atoms with Crippen molar-refractivity contribution >= 4 is 39.9 Å². The predicted molar refractivity (Wildman–Crippen MR) is 112 cm³/mol. The van der Waals surface area contributed by atoms with Crippen molar-refractivity contribution in [2.24, 2.45) is 0 Å². The fourth-order valence-corrected chi connectivity index (χ4v) is 3.78. The first-order chi connectivity index (χ1) is 14.0. The van der Waals surface area contributed by atoms with Crippen molar-refractivity contribution < 1.29 is 13.9 Å². The van der Waals surface area contributed by atoms with E-state index in [2.05, 4.69) is 5.10 Å². The smallest absolute Gasteiger partial charge is 0.216 e. The van der Waals surface area contributed by atoms with Crippen LogP contribution in [-0.4, -0.2) is 22.7 Å². The van der Waals surface area contributed by atoms with Crippen molar-refractivity contribution in [3.63, 3.8) is 0 Å². The number of ketones is 1. The highest BCUT2D eigenvalue weighted by Gasteiger charge is 2.24. The van der Waals surface area contributed by atoms with Gasteiger partial charge in [0.15, 0.2) is 0 Å². The number of methoxy groups -OCH3 is 1. The molecule has 7 heteroatoms. The molecule has 0 atom stereocenters. The van der Waals surface area contributed by atoms with Gasteiger partial charge in [-0.15, -0.1) is 0 Å². The first-order valence-corrected chi connectivity index (χ1v) is 9.52. The topological polar surface area (TPSA) is 44.1 Å². The summed E-state index contributed by atoms with van der Waals surface area (Å²) in [5.41, 5.74) is 1.38. The molecule has 0 bridgehead atoms. The predicted octanol–water partition coefficient (Wildman–Crippen LogP) is 5.77. The summed E-state index contributed by atoms with van der Waals surface area (Å²) >= 11 is 12.4. The van der Waals surface area contributed by atoms with Gasteiger partial charge in [-0.3, -0.25) is 9.48 Å². The highest BCUT2D eigenvalue weighted by molar-refractivity contribution is 6.41. The first kappa shape index (κ1) is 19.4. The first-order valence-electron chi connectivity index (χ1n) is 8.76. The van der Waals surface area contributed by atoms with Crippen LogP contribution in [0.5, 0.6) is 5.75 Å². The second kappa shape index (κ2) is 7.85. The molecule has 0 amide bonds. The Balaban J connectivity index is 1.84. The lowest BCUT2D eigenvalue weighted by Crippen LogP contribution is -2.07. The quantitative estimate of drug-likeness (QED) is 0.379. The molecule has 4 rings (SSSR count). The number of carbonyl (C=O) groups is 1. The van der Waals surface area contributed by atoms with E-state index in [0.717, 1.165) is 11.3 Å². The summed E-state index contributed by atoms with van der Waals surface area (Å²) in [5, 5.41) is 5.27. The van der Waals surface area contributed by atoms with Crippen molar-refractivity contribution in [3.05, 3.63) is 93.3 Å². The monoisotopic (exact) mass is 428 g/mol. The zero-order chi connectivity index (χ0) is 20.5. The van der Waals surface area contributed by atoms with Crippen LogP contribution in [0.4, 0.5) is 4.39 Å². The summed E-state index contributed by atoms with van der Waals surface area (Å²) in [7, 11) is 1.59. The molecule has 0 saturated carbocycles. The van der Waals surface area contributed by atoms with E-state index in [4.69, 9.17) is 27.9 Å². The van der Waals surface area contributed by atoms with E-state index in [1.54, 1.807) is 37.4 Å². The van der Waals surface area contributed by atoms with E-state index in [0.29, 0.717) is 5.39 Å². The third-order valence-electron chi connectivity index (χ3n) is 4.62. The largest absolute Gasteiger partial charge is 0.497 e. The van der Waals surface area contributed by atoms with Gasteiger partial charge in [-0.2, -0.15) is 5.10 Å². The molecule has 0 N–H and O–H groups in total. The molecule has 0 spiro atoms. The number of hydrogen-bond acceptors (Lipinski definition) is 3. The summed E-state index contributed by atoms with van der Waals surface area (Å²) in [5.74, 6) is -0.202. The van der Waals surface area contributed by atoms with Crippen LogP contribution in [0.25, 0.3) is 10.9 Å². The fourth-order valence-electron chi connectivity index (χ4n) is 3.21. The lowest BCUT2D eigenvalue weighted by atomic mass is 10.0. The van der Waals surface area contributed by atoms with Crippen molar-refractivity contribution in [1.82, 2.24) is 9.78 Å². The molecule has 0 fully saturated rings. The Morgan fingerprint density at radius 1 is 1.03 bits per heavy atom. The highest BCUT2D eigenvalue weighted by atomic mass is 35.5. The van der Waals surface area contributed by atoms with Gasteiger partial charge in [0, 0.05) is 5.39 Å². The molecule has 3 aromatic carbocycles. The number of fused-ring (bicyclic) bond motifs is 1. The van der Waals surface area contributed by atoms with Crippen LogP contribution < -0.4 is 4.74 Å². The molecular formula is C22H15Cl2FN2O2. The normalized spacial score (nSPS) is 11.0. The van der Waals surface area contributed by atoms with Crippen LogP contribution in [0.15, 0.2) is 60.7 Å². The molecule has 1 heterocycles. The standard InChI is InChI=1S/C22H15Cl2FN2O2/c1-29-14-10-8-13(9-11-14)12-27-21-15(4-2-7-18(21)25)20(26-27)22(28)19-16(23)5-3-6-17(19)24/h2-11H,12H2,1H3. The molecule has 0 unspecified atom stereocenters. The van der Waals surface area contributed by atoms with Crippen molar-refractivity contribution in [1.29, 1.82) is 0 Å². The zero-order valence-corrected chi connectivity index (χ0v) is 16.8. The summed E-state index contributed by atoms with van der Waals surface area (Å²) in [6.45, 7) is 0.283. The van der Waals surface area contributed by atoms with Crippen molar-refractivity contribution in [3.8, 4) is 5.75 Å². The average Bonchev–Trinajstić information content (AvgIpc) is 3.08. The minimum atomic E-state index is -0.465. The van der Waals surface area contributed by atoms with E-state index in [1.807, 2.05) is 24.3 Å². The van der Waals surface area contributed by atoms with Gasteiger partial charge in [0.25, 0.3) is 0 Å². The molecule has 0 saturated heterocycles. The van der Waals surface area contributed by atoms with Crippen LogP contribution >= 0.6 is 23.2 Å². The van der Waals surface area contributed by atoms with Crippen molar-refractivity contribution in [2.75, 3.05) is 7.11 Å². The summed E-state index contributed by atoms with van der Waals surface area (Å²) in [6.07, 6.45) is 0. The number of aromatic nitrogens is 2. The summed E-state index contributed by atoms with van der Waals surface area (Å²) in [4.78, 5) is 13.2. The number of rotatable bonds is 5. The molecule has 0 aliphatic rings. The number of hydrogen-bond donors (Lipinski definition) is 0. The molecule has 4 nitrogen and oxygen atoms in total. The Morgan fingerprint density at radius 2 is 1.69 bits per heavy atom. The Morgan fingerprint density at radius 3 is 2.34 bits per heavy atom. The number of ether oxygens (including phenoxy) is 1.